The number of hydrogen-bond donors (Lipinski definition) is 0. The zero-order valence-corrected chi connectivity index (χ0v) is 11.7. The fourth-order valence-electron chi connectivity index (χ4n) is 2.54. The van der Waals surface area contributed by atoms with Crippen LogP contribution in [0.25, 0.3) is 11.1 Å². The summed E-state index contributed by atoms with van der Waals surface area (Å²) in [6.45, 7) is 2.08. The van der Waals surface area contributed by atoms with Crippen LogP contribution < -0.4 is 9.47 Å². The standard InChI is InChI=1S/C16H15ClO2/c1-10-8-11-4-3-5-13(16(11)19-10)14-9-12(17)6-7-15(14)18-2/h3-7,9-10H,8H2,1-2H3. The first-order valence-electron chi connectivity index (χ1n) is 6.31. The average molecular weight is 275 g/mol. The highest BCUT2D eigenvalue weighted by Crippen LogP contribution is 2.42. The minimum atomic E-state index is 0.223. The van der Waals surface area contributed by atoms with Gasteiger partial charge in [0.25, 0.3) is 0 Å². The number of methoxy groups -OCH3 is 1. The molecule has 98 valence electrons. The number of halogens is 1. The van der Waals surface area contributed by atoms with Crippen molar-refractivity contribution in [2.75, 3.05) is 7.11 Å². The lowest BCUT2D eigenvalue weighted by Gasteiger charge is -2.13. The average Bonchev–Trinajstić information content (AvgIpc) is 2.78. The van der Waals surface area contributed by atoms with Crippen LogP contribution in [0.5, 0.6) is 11.5 Å². The maximum absolute atomic E-state index is 6.11. The second kappa shape index (κ2) is 4.78. The summed E-state index contributed by atoms with van der Waals surface area (Å²) in [6, 6.07) is 11.8. The van der Waals surface area contributed by atoms with Crippen LogP contribution in [0.1, 0.15) is 12.5 Å². The molecule has 0 saturated heterocycles. The monoisotopic (exact) mass is 274 g/mol. The van der Waals surface area contributed by atoms with Crippen LogP contribution >= 0.6 is 11.6 Å². The maximum Gasteiger partial charge on any atom is 0.131 e. The zero-order chi connectivity index (χ0) is 13.4. The molecule has 1 heterocycles. The van der Waals surface area contributed by atoms with E-state index >= 15 is 0 Å². The third-order valence-corrected chi connectivity index (χ3v) is 3.61. The van der Waals surface area contributed by atoms with Crippen molar-refractivity contribution in [3.63, 3.8) is 0 Å². The Balaban J connectivity index is 2.19. The molecule has 0 spiro atoms. The second-order valence-electron chi connectivity index (χ2n) is 4.77. The lowest BCUT2D eigenvalue weighted by atomic mass is 10.00. The maximum atomic E-state index is 6.11. The Morgan fingerprint density at radius 1 is 1.21 bits per heavy atom. The van der Waals surface area contributed by atoms with Crippen molar-refractivity contribution in [1.29, 1.82) is 0 Å². The van der Waals surface area contributed by atoms with E-state index in [2.05, 4.69) is 19.1 Å². The lowest BCUT2D eigenvalue weighted by molar-refractivity contribution is 0.255. The van der Waals surface area contributed by atoms with Crippen LogP contribution in [-0.2, 0) is 6.42 Å². The number of benzene rings is 2. The van der Waals surface area contributed by atoms with Crippen molar-refractivity contribution in [1.82, 2.24) is 0 Å². The molecule has 1 unspecified atom stereocenters. The van der Waals surface area contributed by atoms with Gasteiger partial charge in [0.05, 0.1) is 7.11 Å². The van der Waals surface area contributed by atoms with Gasteiger partial charge in [-0.3, -0.25) is 0 Å². The zero-order valence-electron chi connectivity index (χ0n) is 10.9. The quantitative estimate of drug-likeness (QED) is 0.811. The van der Waals surface area contributed by atoms with Gasteiger partial charge in [0, 0.05) is 22.6 Å². The normalized spacial score (nSPS) is 16.9. The molecule has 0 aliphatic carbocycles. The predicted molar refractivity (Wildman–Crippen MR) is 77.2 cm³/mol. The first-order valence-corrected chi connectivity index (χ1v) is 6.69. The third kappa shape index (κ3) is 2.17. The fourth-order valence-corrected chi connectivity index (χ4v) is 2.71. The summed E-state index contributed by atoms with van der Waals surface area (Å²) in [5.41, 5.74) is 3.26. The first-order chi connectivity index (χ1) is 9.19. The fraction of sp³-hybridized carbons (Fsp3) is 0.250. The molecule has 3 rings (SSSR count). The summed E-state index contributed by atoms with van der Waals surface area (Å²) in [6.07, 6.45) is 1.17. The number of para-hydroxylation sites is 1. The van der Waals surface area contributed by atoms with Crippen LogP contribution in [0.3, 0.4) is 0 Å². The molecule has 0 N–H and O–H groups in total. The number of fused-ring (bicyclic) bond motifs is 1. The Bertz CT molecular complexity index is 622. The van der Waals surface area contributed by atoms with Crippen LogP contribution in [0, 0.1) is 0 Å². The molecule has 0 aromatic heterocycles. The largest absolute Gasteiger partial charge is 0.496 e. The van der Waals surface area contributed by atoms with E-state index < -0.39 is 0 Å². The summed E-state index contributed by atoms with van der Waals surface area (Å²) in [5, 5.41) is 0.694. The molecule has 0 saturated carbocycles. The van der Waals surface area contributed by atoms with Gasteiger partial charge in [0.1, 0.15) is 17.6 Å². The third-order valence-electron chi connectivity index (χ3n) is 3.37. The molecule has 2 aromatic rings. The van der Waals surface area contributed by atoms with Gasteiger partial charge in [-0.05, 0) is 30.7 Å². The molecule has 1 atom stereocenters. The minimum Gasteiger partial charge on any atom is -0.496 e. The van der Waals surface area contributed by atoms with E-state index in [1.165, 1.54) is 5.56 Å². The van der Waals surface area contributed by atoms with E-state index in [1.54, 1.807) is 7.11 Å². The van der Waals surface area contributed by atoms with E-state index in [4.69, 9.17) is 21.1 Å². The molecular weight excluding hydrogens is 260 g/mol. The number of rotatable bonds is 2. The molecule has 0 radical (unpaired) electrons. The summed E-state index contributed by atoms with van der Waals surface area (Å²) in [7, 11) is 1.67. The van der Waals surface area contributed by atoms with E-state index in [9.17, 15) is 0 Å². The lowest BCUT2D eigenvalue weighted by Crippen LogP contribution is -2.05. The first kappa shape index (κ1) is 12.4. The van der Waals surface area contributed by atoms with Crippen molar-refractivity contribution in [3.05, 3.63) is 47.0 Å². The Hall–Kier alpha value is -1.67. The second-order valence-corrected chi connectivity index (χ2v) is 5.21. The molecule has 0 bridgehead atoms. The van der Waals surface area contributed by atoms with Gasteiger partial charge in [0.2, 0.25) is 0 Å². The Kier molecular flexibility index (Phi) is 3.11. The molecule has 2 aromatic carbocycles. The highest BCUT2D eigenvalue weighted by Gasteiger charge is 2.23. The van der Waals surface area contributed by atoms with Crippen LogP contribution in [0.15, 0.2) is 36.4 Å². The van der Waals surface area contributed by atoms with Gasteiger partial charge in [-0.15, -0.1) is 0 Å². The van der Waals surface area contributed by atoms with E-state index in [-0.39, 0.29) is 6.10 Å². The molecule has 0 amide bonds. The van der Waals surface area contributed by atoms with Crippen molar-refractivity contribution in [2.24, 2.45) is 0 Å². The molecule has 2 nitrogen and oxygen atoms in total. The highest BCUT2D eigenvalue weighted by atomic mass is 35.5. The molecule has 19 heavy (non-hydrogen) atoms. The Morgan fingerprint density at radius 2 is 2.05 bits per heavy atom. The molecule has 1 aliphatic rings. The number of ether oxygens (including phenoxy) is 2. The predicted octanol–water partition coefficient (Wildman–Crippen LogP) is 4.34. The summed E-state index contributed by atoms with van der Waals surface area (Å²) >= 11 is 6.11. The Labute approximate surface area is 117 Å². The van der Waals surface area contributed by atoms with E-state index in [1.807, 2.05) is 24.3 Å². The van der Waals surface area contributed by atoms with Gasteiger partial charge in [-0.25, -0.2) is 0 Å². The molecular formula is C16H15ClO2. The van der Waals surface area contributed by atoms with Crippen LogP contribution in [0.2, 0.25) is 5.02 Å². The van der Waals surface area contributed by atoms with Gasteiger partial charge in [-0.1, -0.05) is 29.8 Å². The Morgan fingerprint density at radius 3 is 2.84 bits per heavy atom. The summed E-state index contributed by atoms with van der Waals surface area (Å²) < 4.78 is 11.4. The van der Waals surface area contributed by atoms with Gasteiger partial charge in [-0.2, -0.15) is 0 Å². The van der Waals surface area contributed by atoms with Crippen molar-refractivity contribution in [2.45, 2.75) is 19.4 Å². The van der Waals surface area contributed by atoms with Crippen molar-refractivity contribution in [3.8, 4) is 22.6 Å². The molecule has 3 heteroatoms. The summed E-state index contributed by atoms with van der Waals surface area (Å²) in [4.78, 5) is 0. The molecule has 1 aliphatic heterocycles. The topological polar surface area (TPSA) is 18.5 Å². The van der Waals surface area contributed by atoms with Crippen molar-refractivity contribution < 1.29 is 9.47 Å². The van der Waals surface area contributed by atoms with Crippen LogP contribution in [-0.4, -0.2) is 13.2 Å². The summed E-state index contributed by atoms with van der Waals surface area (Å²) in [5.74, 6) is 1.76. The van der Waals surface area contributed by atoms with Gasteiger partial charge >= 0.3 is 0 Å². The number of hydrogen-bond acceptors (Lipinski definition) is 2. The van der Waals surface area contributed by atoms with Gasteiger partial charge in [0.15, 0.2) is 0 Å². The highest BCUT2D eigenvalue weighted by molar-refractivity contribution is 6.31. The van der Waals surface area contributed by atoms with Crippen LogP contribution in [0.4, 0.5) is 0 Å². The van der Waals surface area contributed by atoms with E-state index in [0.717, 1.165) is 29.0 Å². The van der Waals surface area contributed by atoms with Gasteiger partial charge < -0.3 is 9.47 Å². The smallest absolute Gasteiger partial charge is 0.131 e. The van der Waals surface area contributed by atoms with Crippen molar-refractivity contribution >= 4 is 11.6 Å². The minimum absolute atomic E-state index is 0.223. The molecule has 0 fully saturated rings. The van der Waals surface area contributed by atoms with E-state index in [0.29, 0.717) is 5.02 Å². The SMILES string of the molecule is COc1ccc(Cl)cc1-c1cccc2c1OC(C)C2.